The van der Waals surface area contributed by atoms with E-state index in [2.05, 4.69) is 34.3 Å². The van der Waals surface area contributed by atoms with Crippen LogP contribution in [0.15, 0.2) is 73.1 Å². The molecule has 0 saturated heterocycles. The largest absolute Gasteiger partial charge is 0.320 e. The summed E-state index contributed by atoms with van der Waals surface area (Å²) in [6.07, 6.45) is 4.01. The Morgan fingerprint density at radius 1 is 1.04 bits per heavy atom. The third-order valence-corrected chi connectivity index (χ3v) is 5.58. The average molecular weight is 384 g/mol. The van der Waals surface area contributed by atoms with Crippen molar-refractivity contribution in [3.05, 3.63) is 83.6 Å². The van der Waals surface area contributed by atoms with E-state index < -0.39 is 0 Å². The monoisotopic (exact) mass is 384 g/mol. The number of thiazole rings is 1. The molecule has 5 aromatic rings. The average Bonchev–Trinajstić information content (AvgIpc) is 3.32. The van der Waals surface area contributed by atoms with E-state index in [-0.39, 0.29) is 5.91 Å². The highest BCUT2D eigenvalue weighted by molar-refractivity contribution is 7.20. The Morgan fingerprint density at radius 2 is 1.86 bits per heavy atom. The second-order valence-corrected chi connectivity index (χ2v) is 7.64. The molecule has 0 atom stereocenters. The van der Waals surface area contributed by atoms with Crippen molar-refractivity contribution in [2.45, 2.75) is 6.92 Å². The first-order chi connectivity index (χ1) is 13.7. The number of aryl methyl sites for hydroxylation is 1. The number of nitrogens with one attached hydrogen (secondary N) is 1. The quantitative estimate of drug-likeness (QED) is 0.467. The van der Waals surface area contributed by atoms with Gasteiger partial charge in [-0.2, -0.15) is 0 Å². The van der Waals surface area contributed by atoms with Crippen LogP contribution in [-0.4, -0.2) is 20.3 Å². The lowest BCUT2D eigenvalue weighted by molar-refractivity contribution is 0.102. The van der Waals surface area contributed by atoms with Crippen LogP contribution in [0.4, 0.5) is 5.69 Å². The van der Waals surface area contributed by atoms with Gasteiger partial charge >= 0.3 is 0 Å². The maximum Gasteiger partial charge on any atom is 0.284 e. The lowest BCUT2D eigenvalue weighted by atomic mass is 10.1. The molecule has 3 aromatic heterocycles. The lowest BCUT2D eigenvalue weighted by Crippen LogP contribution is -2.11. The van der Waals surface area contributed by atoms with Crippen molar-refractivity contribution in [2.24, 2.45) is 0 Å². The number of fused-ring (bicyclic) bond motifs is 2. The molecule has 28 heavy (non-hydrogen) atoms. The fourth-order valence-electron chi connectivity index (χ4n) is 3.10. The van der Waals surface area contributed by atoms with E-state index in [1.165, 1.54) is 16.9 Å². The molecule has 0 bridgehead atoms. The second kappa shape index (κ2) is 6.58. The van der Waals surface area contributed by atoms with Crippen molar-refractivity contribution in [3.63, 3.8) is 0 Å². The smallest absolute Gasteiger partial charge is 0.284 e. The summed E-state index contributed by atoms with van der Waals surface area (Å²) in [6.45, 7) is 2.05. The zero-order chi connectivity index (χ0) is 19.1. The molecule has 3 heterocycles. The minimum atomic E-state index is -0.197. The normalized spacial score (nSPS) is 11.2. The third kappa shape index (κ3) is 3.04. The van der Waals surface area contributed by atoms with Gasteiger partial charge in [-0.05, 0) is 48.9 Å². The van der Waals surface area contributed by atoms with E-state index in [0.717, 1.165) is 32.8 Å². The minimum Gasteiger partial charge on any atom is -0.320 e. The number of aromatic nitrogens is 3. The molecular weight excluding hydrogens is 368 g/mol. The number of anilines is 1. The molecule has 2 aromatic carbocycles. The molecule has 5 rings (SSSR count). The van der Waals surface area contributed by atoms with Crippen molar-refractivity contribution in [1.82, 2.24) is 14.4 Å². The number of imidazole rings is 1. The number of amides is 1. The number of carbonyl (C=O) groups excluding carboxylic acids is 1. The Bertz CT molecular complexity index is 1280. The van der Waals surface area contributed by atoms with Gasteiger partial charge in [-0.25, -0.2) is 9.97 Å². The van der Waals surface area contributed by atoms with Gasteiger partial charge in [0, 0.05) is 23.6 Å². The third-order valence-electron chi connectivity index (χ3n) is 4.54. The van der Waals surface area contributed by atoms with E-state index in [0.29, 0.717) is 5.01 Å². The second-order valence-electron chi connectivity index (χ2n) is 6.61. The van der Waals surface area contributed by atoms with E-state index >= 15 is 0 Å². The summed E-state index contributed by atoms with van der Waals surface area (Å²) < 4.78 is 3.01. The molecular formula is C22H16N4OS. The first-order valence-corrected chi connectivity index (χ1v) is 9.70. The SMILES string of the molecule is Cc1ccn2cc(-c3ccc(NC(=O)c4nc5ccccc5s4)cc3)nc2c1. The molecule has 1 N–H and O–H groups in total. The van der Waals surface area contributed by atoms with Crippen LogP contribution in [0.25, 0.3) is 27.1 Å². The predicted octanol–water partition coefficient (Wildman–Crippen LogP) is 5.17. The Kier molecular flexibility index (Phi) is 3.91. The van der Waals surface area contributed by atoms with Crippen LogP contribution in [0.2, 0.25) is 0 Å². The van der Waals surface area contributed by atoms with Gasteiger partial charge in [-0.15, -0.1) is 11.3 Å². The van der Waals surface area contributed by atoms with Crippen molar-refractivity contribution >= 4 is 38.8 Å². The Morgan fingerprint density at radius 3 is 2.68 bits per heavy atom. The summed E-state index contributed by atoms with van der Waals surface area (Å²) in [5.41, 5.74) is 5.57. The maximum atomic E-state index is 12.5. The van der Waals surface area contributed by atoms with Gasteiger partial charge in [0.2, 0.25) is 0 Å². The van der Waals surface area contributed by atoms with Crippen molar-refractivity contribution in [2.75, 3.05) is 5.32 Å². The topological polar surface area (TPSA) is 59.3 Å². The van der Waals surface area contributed by atoms with Crippen molar-refractivity contribution in [3.8, 4) is 11.3 Å². The summed E-state index contributed by atoms with van der Waals surface area (Å²) in [7, 11) is 0. The van der Waals surface area contributed by atoms with Crippen LogP contribution in [0.3, 0.4) is 0 Å². The van der Waals surface area contributed by atoms with E-state index in [1.807, 2.05) is 65.3 Å². The fraction of sp³-hybridized carbons (Fsp3) is 0.0455. The van der Waals surface area contributed by atoms with Crippen LogP contribution in [0.1, 0.15) is 15.4 Å². The van der Waals surface area contributed by atoms with E-state index in [9.17, 15) is 4.79 Å². The first kappa shape index (κ1) is 16.6. The Labute approximate surface area is 165 Å². The summed E-state index contributed by atoms with van der Waals surface area (Å²) >= 11 is 1.39. The summed E-state index contributed by atoms with van der Waals surface area (Å²) in [6, 6.07) is 19.5. The number of pyridine rings is 1. The van der Waals surface area contributed by atoms with Gasteiger partial charge in [0.15, 0.2) is 5.01 Å². The number of para-hydroxylation sites is 1. The molecule has 0 aliphatic carbocycles. The lowest BCUT2D eigenvalue weighted by Gasteiger charge is -2.03. The Hall–Kier alpha value is -3.51. The van der Waals surface area contributed by atoms with Gasteiger partial charge in [0.05, 0.1) is 15.9 Å². The Balaban J connectivity index is 1.37. The van der Waals surface area contributed by atoms with Gasteiger partial charge in [-0.1, -0.05) is 24.3 Å². The number of rotatable bonds is 3. The molecule has 5 nitrogen and oxygen atoms in total. The molecule has 0 saturated carbocycles. The molecule has 1 amide bonds. The van der Waals surface area contributed by atoms with Crippen LogP contribution in [-0.2, 0) is 0 Å². The molecule has 0 spiro atoms. The molecule has 0 fully saturated rings. The molecule has 6 heteroatoms. The highest BCUT2D eigenvalue weighted by atomic mass is 32.1. The zero-order valence-electron chi connectivity index (χ0n) is 15.1. The number of carbonyl (C=O) groups is 1. The maximum absolute atomic E-state index is 12.5. The van der Waals surface area contributed by atoms with Gasteiger partial charge < -0.3 is 9.72 Å². The highest BCUT2D eigenvalue weighted by Crippen LogP contribution is 2.24. The van der Waals surface area contributed by atoms with Gasteiger partial charge in [0.25, 0.3) is 5.91 Å². The van der Waals surface area contributed by atoms with Crippen LogP contribution >= 0.6 is 11.3 Å². The highest BCUT2D eigenvalue weighted by Gasteiger charge is 2.12. The van der Waals surface area contributed by atoms with Crippen molar-refractivity contribution in [1.29, 1.82) is 0 Å². The molecule has 0 radical (unpaired) electrons. The molecule has 0 unspecified atom stereocenters. The van der Waals surface area contributed by atoms with E-state index in [4.69, 9.17) is 0 Å². The standard InChI is InChI=1S/C22H16N4OS/c1-14-10-11-26-13-18(24-20(26)12-14)15-6-8-16(9-7-15)23-21(27)22-25-17-4-2-3-5-19(17)28-22/h2-13H,1H3,(H,23,27). The summed E-state index contributed by atoms with van der Waals surface area (Å²) in [5.74, 6) is -0.197. The van der Waals surface area contributed by atoms with Gasteiger partial charge in [-0.3, -0.25) is 4.79 Å². The summed E-state index contributed by atoms with van der Waals surface area (Å²) in [4.78, 5) is 21.6. The minimum absolute atomic E-state index is 0.197. The van der Waals surface area contributed by atoms with E-state index in [1.54, 1.807) is 0 Å². The predicted molar refractivity (Wildman–Crippen MR) is 113 cm³/mol. The van der Waals surface area contributed by atoms with Crippen LogP contribution < -0.4 is 5.32 Å². The first-order valence-electron chi connectivity index (χ1n) is 8.88. The number of hydrogen-bond acceptors (Lipinski definition) is 4. The fourth-order valence-corrected chi connectivity index (χ4v) is 3.96. The van der Waals surface area contributed by atoms with Crippen molar-refractivity contribution < 1.29 is 4.79 Å². The molecule has 0 aliphatic rings. The number of hydrogen-bond donors (Lipinski definition) is 1. The number of benzene rings is 2. The van der Waals surface area contributed by atoms with Crippen LogP contribution in [0, 0.1) is 6.92 Å². The molecule has 0 aliphatic heterocycles. The summed E-state index contributed by atoms with van der Waals surface area (Å²) in [5, 5.41) is 3.37. The molecule has 136 valence electrons. The zero-order valence-corrected chi connectivity index (χ0v) is 15.9. The number of nitrogens with zero attached hydrogens (tertiary/aromatic N) is 3. The van der Waals surface area contributed by atoms with Gasteiger partial charge in [0.1, 0.15) is 5.65 Å². The van der Waals surface area contributed by atoms with Crippen LogP contribution in [0.5, 0.6) is 0 Å².